The van der Waals surface area contributed by atoms with Crippen molar-refractivity contribution in [3.05, 3.63) is 23.4 Å². The van der Waals surface area contributed by atoms with Crippen molar-refractivity contribution in [1.82, 2.24) is 10.3 Å². The van der Waals surface area contributed by atoms with Crippen LogP contribution in [0.25, 0.3) is 0 Å². The molecule has 1 aromatic heterocycles. The number of amides is 1. The summed E-state index contributed by atoms with van der Waals surface area (Å²) in [4.78, 5) is 16.7. The third-order valence-corrected chi connectivity index (χ3v) is 2.85. The third kappa shape index (κ3) is 2.36. The normalized spacial score (nSPS) is 19.8. The fraction of sp³-hybridized carbons (Fsp3) is 0.400. The average molecular weight is 242 g/mol. The number of carboxylic acid groups (broad SMARTS) is 1. The molecular weight excluding hydrogens is 230 g/mol. The van der Waals surface area contributed by atoms with Gasteiger partial charge in [0.2, 0.25) is 0 Å². The van der Waals surface area contributed by atoms with Crippen molar-refractivity contribution < 1.29 is 9.90 Å². The highest BCUT2D eigenvalue weighted by Crippen LogP contribution is 2.25. The maximum atomic E-state index is 10.5. The third-order valence-electron chi connectivity index (χ3n) is 2.55. The number of pyridine rings is 1. The van der Waals surface area contributed by atoms with Gasteiger partial charge in [0.15, 0.2) is 0 Å². The quantitative estimate of drug-likeness (QED) is 0.825. The molecule has 1 fully saturated rings. The summed E-state index contributed by atoms with van der Waals surface area (Å²) >= 11 is 6.02. The molecule has 2 heterocycles. The SMILES string of the molecule is O=C(O)NC1CCN(c2ncccc2Cl)C1. The maximum absolute atomic E-state index is 10.5. The van der Waals surface area contributed by atoms with Gasteiger partial charge in [0.1, 0.15) is 5.82 Å². The van der Waals surface area contributed by atoms with Crippen molar-refractivity contribution in [3.63, 3.8) is 0 Å². The monoisotopic (exact) mass is 241 g/mol. The van der Waals surface area contributed by atoms with Crippen molar-refractivity contribution >= 4 is 23.5 Å². The molecule has 0 aliphatic carbocycles. The van der Waals surface area contributed by atoms with Crippen LogP contribution in [0.1, 0.15) is 6.42 Å². The van der Waals surface area contributed by atoms with E-state index in [4.69, 9.17) is 16.7 Å². The number of hydrogen-bond donors (Lipinski definition) is 2. The van der Waals surface area contributed by atoms with E-state index in [2.05, 4.69) is 10.3 Å². The van der Waals surface area contributed by atoms with Gasteiger partial charge in [-0.2, -0.15) is 0 Å². The second-order valence-electron chi connectivity index (χ2n) is 3.69. The minimum Gasteiger partial charge on any atom is -0.465 e. The summed E-state index contributed by atoms with van der Waals surface area (Å²) in [6.45, 7) is 1.38. The molecule has 0 aromatic carbocycles. The van der Waals surface area contributed by atoms with Crippen molar-refractivity contribution in [2.75, 3.05) is 18.0 Å². The Morgan fingerprint density at radius 3 is 3.19 bits per heavy atom. The standard InChI is InChI=1S/C10H12ClN3O2/c11-8-2-1-4-12-9(8)14-5-3-7(6-14)13-10(15)16/h1-2,4,7,13H,3,5-6H2,(H,15,16). The van der Waals surface area contributed by atoms with Crippen molar-refractivity contribution in [3.8, 4) is 0 Å². The zero-order valence-corrected chi connectivity index (χ0v) is 9.31. The van der Waals surface area contributed by atoms with Crippen LogP contribution in [0.15, 0.2) is 18.3 Å². The number of hydrogen-bond acceptors (Lipinski definition) is 3. The van der Waals surface area contributed by atoms with Crippen LogP contribution in [0.2, 0.25) is 5.02 Å². The van der Waals surface area contributed by atoms with Crippen LogP contribution < -0.4 is 10.2 Å². The lowest BCUT2D eigenvalue weighted by molar-refractivity contribution is 0.191. The zero-order chi connectivity index (χ0) is 11.5. The lowest BCUT2D eigenvalue weighted by Crippen LogP contribution is -2.36. The summed E-state index contributed by atoms with van der Waals surface area (Å²) in [6, 6.07) is 3.51. The number of aromatic nitrogens is 1. The molecule has 86 valence electrons. The molecule has 1 aliphatic rings. The van der Waals surface area contributed by atoms with Gasteiger partial charge in [-0.05, 0) is 18.6 Å². The zero-order valence-electron chi connectivity index (χ0n) is 8.56. The molecule has 1 atom stereocenters. The topological polar surface area (TPSA) is 65.5 Å². The first-order valence-corrected chi connectivity index (χ1v) is 5.39. The van der Waals surface area contributed by atoms with E-state index in [-0.39, 0.29) is 6.04 Å². The lowest BCUT2D eigenvalue weighted by atomic mass is 10.3. The van der Waals surface area contributed by atoms with Crippen LogP contribution in [0.5, 0.6) is 0 Å². The minimum absolute atomic E-state index is 0.0458. The van der Waals surface area contributed by atoms with Crippen LogP contribution >= 0.6 is 11.6 Å². The number of anilines is 1. The van der Waals surface area contributed by atoms with E-state index in [1.54, 1.807) is 18.3 Å². The Bertz CT molecular complexity index is 399. The molecule has 1 unspecified atom stereocenters. The first kappa shape index (κ1) is 11.0. The molecule has 6 heteroatoms. The number of nitrogens with one attached hydrogen (secondary N) is 1. The number of carbonyl (C=O) groups is 1. The van der Waals surface area contributed by atoms with E-state index in [0.717, 1.165) is 18.8 Å². The van der Waals surface area contributed by atoms with Gasteiger partial charge in [0.05, 0.1) is 11.1 Å². The van der Waals surface area contributed by atoms with Gasteiger partial charge < -0.3 is 15.3 Å². The van der Waals surface area contributed by atoms with Gasteiger partial charge in [-0.3, -0.25) is 0 Å². The second kappa shape index (κ2) is 4.57. The molecule has 1 aliphatic heterocycles. The molecule has 0 radical (unpaired) electrons. The lowest BCUT2D eigenvalue weighted by Gasteiger charge is -2.18. The van der Waals surface area contributed by atoms with E-state index in [0.29, 0.717) is 11.6 Å². The molecule has 2 N–H and O–H groups in total. The van der Waals surface area contributed by atoms with Gasteiger partial charge in [-0.15, -0.1) is 0 Å². The summed E-state index contributed by atoms with van der Waals surface area (Å²) in [5, 5.41) is 11.7. The Hall–Kier alpha value is -1.49. The first-order valence-electron chi connectivity index (χ1n) is 5.02. The fourth-order valence-electron chi connectivity index (χ4n) is 1.86. The molecule has 1 amide bonds. The molecule has 2 rings (SSSR count). The van der Waals surface area contributed by atoms with Gasteiger partial charge >= 0.3 is 6.09 Å². The van der Waals surface area contributed by atoms with Gasteiger partial charge in [-0.25, -0.2) is 9.78 Å². The largest absolute Gasteiger partial charge is 0.465 e. The van der Waals surface area contributed by atoms with E-state index < -0.39 is 6.09 Å². The Kier molecular flexibility index (Phi) is 3.14. The summed E-state index contributed by atoms with van der Waals surface area (Å²) in [6.07, 6.45) is 1.47. The molecule has 0 spiro atoms. The Morgan fingerprint density at radius 2 is 2.50 bits per heavy atom. The molecule has 1 aromatic rings. The van der Waals surface area contributed by atoms with Crippen molar-refractivity contribution in [1.29, 1.82) is 0 Å². The first-order chi connectivity index (χ1) is 7.66. The number of nitrogens with zero attached hydrogens (tertiary/aromatic N) is 2. The van der Waals surface area contributed by atoms with Crippen LogP contribution in [0, 0.1) is 0 Å². The smallest absolute Gasteiger partial charge is 0.404 e. The number of halogens is 1. The van der Waals surface area contributed by atoms with Crippen LogP contribution in [-0.4, -0.2) is 35.3 Å². The predicted molar refractivity (Wildman–Crippen MR) is 61.0 cm³/mol. The van der Waals surface area contributed by atoms with Gasteiger partial charge in [0.25, 0.3) is 0 Å². The van der Waals surface area contributed by atoms with Crippen molar-refractivity contribution in [2.45, 2.75) is 12.5 Å². The second-order valence-corrected chi connectivity index (χ2v) is 4.10. The van der Waals surface area contributed by atoms with E-state index >= 15 is 0 Å². The molecular formula is C10H12ClN3O2. The van der Waals surface area contributed by atoms with Crippen molar-refractivity contribution in [2.24, 2.45) is 0 Å². The van der Waals surface area contributed by atoms with Crippen LogP contribution in [-0.2, 0) is 0 Å². The highest BCUT2D eigenvalue weighted by Gasteiger charge is 2.25. The molecule has 1 saturated heterocycles. The van der Waals surface area contributed by atoms with E-state index in [1.165, 1.54) is 0 Å². The Labute approximate surface area is 98.0 Å². The molecule has 0 saturated carbocycles. The summed E-state index contributed by atoms with van der Waals surface area (Å²) < 4.78 is 0. The molecule has 0 bridgehead atoms. The molecule has 16 heavy (non-hydrogen) atoms. The highest BCUT2D eigenvalue weighted by atomic mass is 35.5. The van der Waals surface area contributed by atoms with E-state index in [9.17, 15) is 4.79 Å². The van der Waals surface area contributed by atoms with Crippen LogP contribution in [0.4, 0.5) is 10.6 Å². The Balaban J connectivity index is 2.04. The molecule has 5 nitrogen and oxygen atoms in total. The minimum atomic E-state index is -0.987. The summed E-state index contributed by atoms with van der Waals surface area (Å²) in [5.74, 6) is 0.721. The summed E-state index contributed by atoms with van der Waals surface area (Å²) in [5.41, 5.74) is 0. The van der Waals surface area contributed by atoms with Gasteiger partial charge in [-0.1, -0.05) is 11.6 Å². The van der Waals surface area contributed by atoms with E-state index in [1.807, 2.05) is 4.90 Å². The van der Waals surface area contributed by atoms with Crippen LogP contribution in [0.3, 0.4) is 0 Å². The fourth-order valence-corrected chi connectivity index (χ4v) is 2.10. The summed E-state index contributed by atoms with van der Waals surface area (Å²) in [7, 11) is 0. The highest BCUT2D eigenvalue weighted by molar-refractivity contribution is 6.32. The maximum Gasteiger partial charge on any atom is 0.404 e. The number of rotatable bonds is 2. The Morgan fingerprint density at radius 1 is 1.69 bits per heavy atom. The predicted octanol–water partition coefficient (Wildman–Crippen LogP) is 1.58. The van der Waals surface area contributed by atoms with Gasteiger partial charge in [0, 0.05) is 19.3 Å². The average Bonchev–Trinajstić information content (AvgIpc) is 2.66.